The van der Waals surface area contributed by atoms with Crippen LogP contribution in [0.15, 0.2) is 0 Å². The van der Waals surface area contributed by atoms with Gasteiger partial charge in [0, 0.05) is 25.7 Å². The summed E-state index contributed by atoms with van der Waals surface area (Å²) in [4.78, 5) is 2.59. The largest absolute Gasteiger partial charge is 0.377 e. The van der Waals surface area contributed by atoms with E-state index in [9.17, 15) is 0 Å². The molecule has 0 amide bonds. The van der Waals surface area contributed by atoms with Crippen LogP contribution < -0.4 is 5.32 Å². The van der Waals surface area contributed by atoms with E-state index in [0.29, 0.717) is 6.10 Å². The summed E-state index contributed by atoms with van der Waals surface area (Å²) in [5, 5.41) is 3.58. The smallest absolute Gasteiger partial charge is 0.0702 e. The Bertz CT molecular complexity index is 192. The van der Waals surface area contributed by atoms with E-state index in [-0.39, 0.29) is 0 Å². The lowest BCUT2D eigenvalue weighted by Gasteiger charge is -2.34. The Morgan fingerprint density at radius 1 is 1.31 bits per heavy atom. The molecular formula is C13H26N2O. The third-order valence-electron chi connectivity index (χ3n) is 3.66. The van der Waals surface area contributed by atoms with E-state index in [2.05, 4.69) is 17.1 Å². The van der Waals surface area contributed by atoms with Crippen LogP contribution >= 0.6 is 0 Å². The summed E-state index contributed by atoms with van der Waals surface area (Å²) in [5.41, 5.74) is 0. The molecule has 2 rings (SSSR count). The zero-order valence-electron chi connectivity index (χ0n) is 10.6. The van der Waals surface area contributed by atoms with E-state index in [4.69, 9.17) is 4.74 Å². The number of nitrogens with one attached hydrogen (secondary N) is 1. The molecule has 2 saturated heterocycles. The van der Waals surface area contributed by atoms with Crippen molar-refractivity contribution in [2.75, 3.05) is 32.8 Å². The molecule has 3 heteroatoms. The molecule has 2 heterocycles. The zero-order valence-corrected chi connectivity index (χ0v) is 10.6. The van der Waals surface area contributed by atoms with Gasteiger partial charge in [-0.3, -0.25) is 4.90 Å². The highest BCUT2D eigenvalue weighted by Gasteiger charge is 2.23. The maximum atomic E-state index is 5.86. The lowest BCUT2D eigenvalue weighted by atomic mass is 10.1. The number of hydrogen-bond acceptors (Lipinski definition) is 3. The Morgan fingerprint density at radius 3 is 3.00 bits per heavy atom. The molecule has 0 aliphatic carbocycles. The molecule has 1 N–H and O–H groups in total. The number of ether oxygens (including phenoxy) is 1. The second-order valence-corrected chi connectivity index (χ2v) is 5.19. The molecule has 0 aromatic rings. The van der Waals surface area contributed by atoms with Crippen molar-refractivity contribution in [3.8, 4) is 0 Å². The Hall–Kier alpha value is -0.120. The lowest BCUT2D eigenvalue weighted by Crippen LogP contribution is -2.45. The van der Waals surface area contributed by atoms with Gasteiger partial charge in [0.25, 0.3) is 0 Å². The summed E-state index contributed by atoms with van der Waals surface area (Å²) < 4.78 is 5.86. The predicted octanol–water partition coefficient (Wildman–Crippen LogP) is 1.63. The van der Waals surface area contributed by atoms with Crippen LogP contribution in [0.2, 0.25) is 0 Å². The van der Waals surface area contributed by atoms with Crippen molar-refractivity contribution < 1.29 is 4.74 Å². The Kier molecular flexibility index (Phi) is 5.07. The van der Waals surface area contributed by atoms with Crippen molar-refractivity contribution in [2.45, 2.75) is 51.2 Å². The van der Waals surface area contributed by atoms with Crippen molar-refractivity contribution in [3.05, 3.63) is 0 Å². The van der Waals surface area contributed by atoms with Crippen LogP contribution in [0.3, 0.4) is 0 Å². The third-order valence-corrected chi connectivity index (χ3v) is 3.66. The van der Waals surface area contributed by atoms with Crippen molar-refractivity contribution in [2.24, 2.45) is 0 Å². The number of piperidine rings is 1. The van der Waals surface area contributed by atoms with Crippen molar-refractivity contribution in [3.63, 3.8) is 0 Å². The third kappa shape index (κ3) is 3.72. The first-order valence-corrected chi connectivity index (χ1v) is 6.96. The van der Waals surface area contributed by atoms with E-state index in [1.807, 2.05) is 0 Å². The fourth-order valence-electron chi connectivity index (χ4n) is 2.82. The fraction of sp³-hybridized carbons (Fsp3) is 1.00. The molecule has 94 valence electrons. The van der Waals surface area contributed by atoms with Crippen LogP contribution in [0.1, 0.15) is 39.0 Å². The second-order valence-electron chi connectivity index (χ2n) is 5.19. The molecule has 0 aromatic heterocycles. The predicted molar refractivity (Wildman–Crippen MR) is 66.7 cm³/mol. The van der Waals surface area contributed by atoms with Gasteiger partial charge in [-0.2, -0.15) is 0 Å². The Balaban J connectivity index is 1.68. The first-order chi connectivity index (χ1) is 7.88. The van der Waals surface area contributed by atoms with Crippen molar-refractivity contribution in [1.29, 1.82) is 0 Å². The maximum Gasteiger partial charge on any atom is 0.0702 e. The van der Waals surface area contributed by atoms with Gasteiger partial charge >= 0.3 is 0 Å². The van der Waals surface area contributed by atoms with Crippen LogP contribution in [0.25, 0.3) is 0 Å². The van der Waals surface area contributed by atoms with Crippen LogP contribution in [-0.2, 0) is 4.74 Å². The quantitative estimate of drug-likeness (QED) is 0.771. The monoisotopic (exact) mass is 226 g/mol. The summed E-state index contributed by atoms with van der Waals surface area (Å²) in [7, 11) is 0. The zero-order chi connectivity index (χ0) is 11.2. The van der Waals surface area contributed by atoms with Crippen molar-refractivity contribution in [1.82, 2.24) is 10.2 Å². The summed E-state index contributed by atoms with van der Waals surface area (Å²) >= 11 is 0. The lowest BCUT2D eigenvalue weighted by molar-refractivity contribution is -0.00177. The SMILES string of the molecule is CCCOC1CCCN(C[C@@H]2CCCN2)C1. The minimum atomic E-state index is 0.495. The van der Waals surface area contributed by atoms with Crippen LogP contribution in [0.5, 0.6) is 0 Å². The van der Waals surface area contributed by atoms with Gasteiger partial charge in [-0.15, -0.1) is 0 Å². The molecule has 0 saturated carbocycles. The topological polar surface area (TPSA) is 24.5 Å². The molecule has 3 nitrogen and oxygen atoms in total. The van der Waals surface area contributed by atoms with Gasteiger partial charge in [-0.05, 0) is 45.2 Å². The van der Waals surface area contributed by atoms with E-state index < -0.39 is 0 Å². The van der Waals surface area contributed by atoms with Gasteiger partial charge in [-0.1, -0.05) is 6.92 Å². The summed E-state index contributed by atoms with van der Waals surface area (Å²) in [6, 6.07) is 0.741. The number of hydrogen-bond donors (Lipinski definition) is 1. The molecule has 2 aliphatic heterocycles. The van der Waals surface area contributed by atoms with Crippen LogP contribution in [0.4, 0.5) is 0 Å². The highest BCUT2D eigenvalue weighted by molar-refractivity contribution is 4.81. The molecule has 2 aliphatic rings. The molecule has 2 fully saturated rings. The highest BCUT2D eigenvalue weighted by atomic mass is 16.5. The van der Waals surface area contributed by atoms with Gasteiger partial charge < -0.3 is 10.1 Å². The fourth-order valence-corrected chi connectivity index (χ4v) is 2.82. The molecule has 0 spiro atoms. The van der Waals surface area contributed by atoms with Gasteiger partial charge in [0.1, 0.15) is 0 Å². The summed E-state index contributed by atoms with van der Waals surface area (Å²) in [5.74, 6) is 0. The van der Waals surface area contributed by atoms with E-state index >= 15 is 0 Å². The molecule has 16 heavy (non-hydrogen) atoms. The molecule has 0 aromatic carbocycles. The van der Waals surface area contributed by atoms with Crippen LogP contribution in [-0.4, -0.2) is 49.8 Å². The molecule has 0 bridgehead atoms. The Labute approximate surface area is 99.5 Å². The minimum Gasteiger partial charge on any atom is -0.377 e. The number of rotatable bonds is 5. The van der Waals surface area contributed by atoms with E-state index in [1.54, 1.807) is 0 Å². The normalized spacial score (nSPS) is 32.1. The molecule has 2 atom stereocenters. The molecule has 0 radical (unpaired) electrons. The standard InChI is InChI=1S/C13H26N2O/c1-2-9-16-13-6-4-8-15(11-13)10-12-5-3-7-14-12/h12-14H,2-11H2,1H3/t12-,13?/m0/s1. The summed E-state index contributed by atoms with van der Waals surface area (Å²) in [6.45, 7) is 7.98. The van der Waals surface area contributed by atoms with Gasteiger partial charge in [0.15, 0.2) is 0 Å². The average molecular weight is 226 g/mol. The minimum absolute atomic E-state index is 0.495. The maximum absolute atomic E-state index is 5.86. The van der Waals surface area contributed by atoms with E-state index in [1.165, 1.54) is 45.3 Å². The number of likely N-dealkylation sites (tertiary alicyclic amines) is 1. The second kappa shape index (κ2) is 6.58. The molecular weight excluding hydrogens is 200 g/mol. The highest BCUT2D eigenvalue weighted by Crippen LogP contribution is 2.15. The number of nitrogens with zero attached hydrogens (tertiary/aromatic N) is 1. The van der Waals surface area contributed by atoms with Gasteiger partial charge in [0.2, 0.25) is 0 Å². The van der Waals surface area contributed by atoms with Gasteiger partial charge in [-0.25, -0.2) is 0 Å². The average Bonchev–Trinajstić information content (AvgIpc) is 2.80. The summed E-state index contributed by atoms with van der Waals surface area (Å²) in [6.07, 6.45) is 6.91. The van der Waals surface area contributed by atoms with Crippen LogP contribution in [0, 0.1) is 0 Å². The van der Waals surface area contributed by atoms with E-state index in [0.717, 1.165) is 25.6 Å². The molecule has 1 unspecified atom stereocenters. The first-order valence-electron chi connectivity index (χ1n) is 6.96. The van der Waals surface area contributed by atoms with Crippen molar-refractivity contribution >= 4 is 0 Å². The Morgan fingerprint density at radius 2 is 2.25 bits per heavy atom. The van der Waals surface area contributed by atoms with Gasteiger partial charge in [0.05, 0.1) is 6.10 Å². The first kappa shape index (κ1) is 12.3.